The highest BCUT2D eigenvalue weighted by Gasteiger charge is 2.39. The zero-order valence-electron chi connectivity index (χ0n) is 22.3. The van der Waals surface area contributed by atoms with Crippen LogP contribution in [0.3, 0.4) is 0 Å². The van der Waals surface area contributed by atoms with E-state index in [0.29, 0.717) is 6.07 Å². The molecule has 0 aliphatic carbocycles. The van der Waals surface area contributed by atoms with Crippen LogP contribution in [0, 0.1) is 0 Å². The number of aromatic nitrogens is 1. The number of ether oxygens (including phenoxy) is 1. The van der Waals surface area contributed by atoms with E-state index >= 15 is 0 Å². The zero-order chi connectivity index (χ0) is 29.7. The summed E-state index contributed by atoms with van der Waals surface area (Å²) in [5.41, 5.74) is -2.35. The van der Waals surface area contributed by atoms with Gasteiger partial charge < -0.3 is 14.2 Å². The number of carbonyl (C=O) groups is 1. The summed E-state index contributed by atoms with van der Waals surface area (Å²) in [4.78, 5) is 12.5. The predicted molar refractivity (Wildman–Crippen MR) is 141 cm³/mol. The van der Waals surface area contributed by atoms with Gasteiger partial charge in [-0.15, -0.1) is 0 Å². The summed E-state index contributed by atoms with van der Waals surface area (Å²) < 4.78 is 105. The maximum atomic E-state index is 14.1. The molecule has 2 aromatic carbocycles. The predicted octanol–water partition coefficient (Wildman–Crippen LogP) is 4.71. The fourth-order valence-corrected chi connectivity index (χ4v) is 7.74. The Kier molecular flexibility index (Phi) is 7.75. The van der Waals surface area contributed by atoms with Gasteiger partial charge in [0.15, 0.2) is 0 Å². The molecule has 9 nitrogen and oxygen atoms in total. The van der Waals surface area contributed by atoms with Crippen molar-refractivity contribution in [3.05, 3.63) is 54.2 Å². The van der Waals surface area contributed by atoms with Crippen LogP contribution in [0.2, 0.25) is 0 Å². The Hall–Kier alpha value is -3.10. The van der Waals surface area contributed by atoms with E-state index in [1.54, 1.807) is 26.8 Å². The van der Waals surface area contributed by atoms with Gasteiger partial charge in [0.25, 0.3) is 0 Å². The molecule has 1 saturated heterocycles. The molecule has 0 bridgehead atoms. The number of sulfone groups is 1. The van der Waals surface area contributed by atoms with Crippen LogP contribution in [0.1, 0.15) is 39.2 Å². The molecule has 0 radical (unpaired) electrons. The lowest BCUT2D eigenvalue weighted by Crippen LogP contribution is -2.47. The van der Waals surface area contributed by atoms with Crippen molar-refractivity contribution in [2.75, 3.05) is 13.1 Å². The largest absolute Gasteiger partial charge is 0.444 e. The van der Waals surface area contributed by atoms with Gasteiger partial charge >= 0.3 is 12.3 Å². The van der Waals surface area contributed by atoms with Gasteiger partial charge in [-0.3, -0.25) is 0 Å². The summed E-state index contributed by atoms with van der Waals surface area (Å²) in [5, 5.41) is -0.731. The number of rotatable bonds is 5. The first-order valence-electron chi connectivity index (χ1n) is 12.4. The van der Waals surface area contributed by atoms with Gasteiger partial charge in [0.2, 0.25) is 19.9 Å². The molecule has 2 heterocycles. The number of carbonyl (C=O) groups excluding carboxylic acids is 1. The standard InChI is InChI=1S/C26H30F3N3O6S2/c1-25(2,3)38-24(33)32-14-12-17(13-15-32)30-40(36,37)21-16-31(4)23-20(11-10-19(22(21)23)26(27,28)29)39(34,35)18-8-6-5-7-9-18/h5-11,16-17,30H,12-15H2,1-4H3. The van der Waals surface area contributed by atoms with Crippen LogP contribution in [0.25, 0.3) is 10.9 Å². The van der Waals surface area contributed by atoms with E-state index in [2.05, 4.69) is 4.72 Å². The summed E-state index contributed by atoms with van der Waals surface area (Å²) in [6, 6.07) is 7.96. The molecule has 0 saturated carbocycles. The molecule has 1 N–H and O–H groups in total. The van der Waals surface area contributed by atoms with Gasteiger partial charge in [-0.2, -0.15) is 13.2 Å². The molecule has 1 fully saturated rings. The number of halogens is 3. The maximum absolute atomic E-state index is 14.1. The van der Waals surface area contributed by atoms with Gasteiger partial charge in [-0.25, -0.2) is 26.4 Å². The molecule has 0 atom stereocenters. The Balaban J connectivity index is 1.73. The molecule has 0 spiro atoms. The molecular weight excluding hydrogens is 571 g/mol. The van der Waals surface area contributed by atoms with E-state index in [9.17, 15) is 34.8 Å². The first kappa shape index (κ1) is 29.9. The lowest BCUT2D eigenvalue weighted by atomic mass is 10.1. The SMILES string of the molecule is Cn1cc(S(=O)(=O)NC2CCN(C(=O)OC(C)(C)C)CC2)c2c(C(F)(F)F)ccc(S(=O)(=O)c3ccccc3)c21. The Bertz CT molecular complexity index is 1640. The second kappa shape index (κ2) is 10.4. The minimum Gasteiger partial charge on any atom is -0.444 e. The molecular formula is C26H30F3N3O6S2. The third-order valence-corrected chi connectivity index (χ3v) is 9.79. The van der Waals surface area contributed by atoms with Crippen molar-refractivity contribution in [1.82, 2.24) is 14.2 Å². The first-order valence-corrected chi connectivity index (χ1v) is 15.4. The van der Waals surface area contributed by atoms with Crippen molar-refractivity contribution in [2.24, 2.45) is 7.05 Å². The van der Waals surface area contributed by atoms with Crippen LogP contribution >= 0.6 is 0 Å². The third-order valence-electron chi connectivity index (χ3n) is 6.46. The fraction of sp³-hybridized carbons (Fsp3) is 0.423. The number of alkyl halides is 3. The third kappa shape index (κ3) is 5.98. The van der Waals surface area contributed by atoms with Crippen LogP contribution < -0.4 is 4.72 Å². The van der Waals surface area contributed by atoms with Crippen molar-refractivity contribution in [3.8, 4) is 0 Å². The first-order chi connectivity index (χ1) is 18.4. The lowest BCUT2D eigenvalue weighted by molar-refractivity contribution is -0.136. The van der Waals surface area contributed by atoms with Crippen molar-refractivity contribution in [3.63, 3.8) is 0 Å². The van der Waals surface area contributed by atoms with Crippen LogP contribution in [0.5, 0.6) is 0 Å². The highest BCUT2D eigenvalue weighted by molar-refractivity contribution is 7.91. The quantitative estimate of drug-likeness (QED) is 0.453. The molecule has 1 amide bonds. The fourth-order valence-electron chi connectivity index (χ4n) is 4.65. The van der Waals surface area contributed by atoms with Crippen molar-refractivity contribution >= 4 is 36.9 Å². The van der Waals surface area contributed by atoms with Crippen LogP contribution in [-0.4, -0.2) is 57.1 Å². The molecule has 1 aliphatic heterocycles. The van der Waals surface area contributed by atoms with Gasteiger partial charge in [-0.1, -0.05) is 18.2 Å². The van der Waals surface area contributed by atoms with Crippen LogP contribution in [-0.2, 0) is 37.8 Å². The zero-order valence-corrected chi connectivity index (χ0v) is 24.0. The molecule has 0 unspecified atom stereocenters. The second-order valence-electron chi connectivity index (χ2n) is 10.6. The Morgan fingerprint density at radius 3 is 2.10 bits per heavy atom. The average Bonchev–Trinajstić information content (AvgIpc) is 3.20. The number of fused-ring (bicyclic) bond motifs is 1. The number of sulfonamides is 1. The number of likely N-dealkylation sites (tertiary alicyclic amines) is 1. The molecule has 14 heteroatoms. The minimum atomic E-state index is -4.96. The highest BCUT2D eigenvalue weighted by atomic mass is 32.2. The molecule has 218 valence electrons. The van der Waals surface area contributed by atoms with Crippen molar-refractivity contribution < 1.29 is 39.5 Å². The van der Waals surface area contributed by atoms with Gasteiger partial charge in [0.05, 0.1) is 20.9 Å². The molecule has 4 rings (SSSR count). The maximum Gasteiger partial charge on any atom is 0.417 e. The average molecular weight is 602 g/mol. The van der Waals surface area contributed by atoms with E-state index in [1.165, 1.54) is 36.2 Å². The number of hydrogen-bond donors (Lipinski definition) is 1. The summed E-state index contributed by atoms with van der Waals surface area (Å²) in [6.45, 7) is 5.54. The Morgan fingerprint density at radius 2 is 1.55 bits per heavy atom. The second-order valence-corrected chi connectivity index (χ2v) is 14.2. The molecule has 1 aromatic heterocycles. The molecule has 1 aliphatic rings. The number of nitrogens with zero attached hydrogens (tertiary/aromatic N) is 2. The van der Waals surface area contributed by atoms with Gasteiger partial charge in [-0.05, 0) is 57.9 Å². The summed E-state index contributed by atoms with van der Waals surface area (Å²) >= 11 is 0. The van der Waals surface area contributed by atoms with E-state index in [0.717, 1.165) is 16.8 Å². The number of amides is 1. The van der Waals surface area contributed by atoms with E-state index in [4.69, 9.17) is 4.74 Å². The van der Waals surface area contributed by atoms with E-state index < -0.39 is 64.5 Å². The number of piperidine rings is 1. The normalized spacial score (nSPS) is 15.9. The topological polar surface area (TPSA) is 115 Å². The van der Waals surface area contributed by atoms with Crippen LogP contribution in [0.4, 0.5) is 18.0 Å². The molecule has 3 aromatic rings. The number of hydrogen-bond acceptors (Lipinski definition) is 6. The summed E-state index contributed by atoms with van der Waals surface area (Å²) in [5.74, 6) is 0. The highest BCUT2D eigenvalue weighted by Crippen LogP contribution is 2.42. The van der Waals surface area contributed by atoms with Crippen LogP contribution in [0.15, 0.2) is 63.3 Å². The minimum absolute atomic E-state index is 0.142. The van der Waals surface area contributed by atoms with Gasteiger partial charge in [0.1, 0.15) is 10.5 Å². The smallest absolute Gasteiger partial charge is 0.417 e. The summed E-state index contributed by atoms with van der Waals surface area (Å²) in [6.07, 6.45) is -4.09. The lowest BCUT2D eigenvalue weighted by Gasteiger charge is -2.33. The number of benzene rings is 2. The van der Waals surface area contributed by atoms with Gasteiger partial charge in [0, 0.05) is 37.8 Å². The summed E-state index contributed by atoms with van der Waals surface area (Å²) in [7, 11) is -7.54. The van der Waals surface area contributed by atoms with Crippen molar-refractivity contribution in [1.29, 1.82) is 0 Å². The van der Waals surface area contributed by atoms with E-state index in [1.807, 2.05) is 0 Å². The number of nitrogens with one attached hydrogen (secondary N) is 1. The molecule has 40 heavy (non-hydrogen) atoms. The van der Waals surface area contributed by atoms with E-state index in [-0.39, 0.29) is 36.3 Å². The Morgan fingerprint density at radius 1 is 0.950 bits per heavy atom. The monoisotopic (exact) mass is 601 g/mol. The number of aryl methyl sites for hydroxylation is 1. The Labute approximate surface area is 230 Å². The van der Waals surface area contributed by atoms with Crippen molar-refractivity contribution in [2.45, 2.75) is 66.1 Å².